The number of ether oxygens (including phenoxy) is 1. The Morgan fingerprint density at radius 2 is 2.03 bits per heavy atom. The molecule has 1 aromatic heterocycles. The average molecular weight is 453 g/mol. The third-order valence-corrected chi connectivity index (χ3v) is 5.32. The summed E-state index contributed by atoms with van der Waals surface area (Å²) in [5.74, 6) is -1.42. The molecule has 2 aromatic rings. The molecular weight excluding hydrogens is 431 g/mol. The summed E-state index contributed by atoms with van der Waals surface area (Å²) in [6.45, 7) is 1.05. The zero-order valence-corrected chi connectivity index (χ0v) is 18.3. The van der Waals surface area contributed by atoms with Crippen LogP contribution in [-0.2, 0) is 9.59 Å². The lowest BCUT2D eigenvalue weighted by molar-refractivity contribution is -0.140. The number of hydrogen-bond donors (Lipinski definition) is 1. The second-order valence-corrected chi connectivity index (χ2v) is 7.98. The molecule has 0 spiro atoms. The molecule has 1 atom stereocenters. The molecule has 1 N–H and O–H groups in total. The van der Waals surface area contributed by atoms with Crippen molar-refractivity contribution in [1.29, 1.82) is 0 Å². The van der Waals surface area contributed by atoms with E-state index in [0.29, 0.717) is 18.7 Å². The fourth-order valence-corrected chi connectivity index (χ4v) is 4.07. The normalized spacial score (nSPS) is 18.5. The summed E-state index contributed by atoms with van der Waals surface area (Å²) in [4.78, 5) is 29.1. The lowest BCUT2D eigenvalue weighted by atomic mass is 9.98. The number of carbonyl (C=O) groups excluding carboxylic acids is 2. The van der Waals surface area contributed by atoms with Crippen molar-refractivity contribution < 1.29 is 23.8 Å². The smallest absolute Gasteiger partial charge is 0.295 e. The van der Waals surface area contributed by atoms with Crippen LogP contribution in [0.4, 0.5) is 0 Å². The summed E-state index contributed by atoms with van der Waals surface area (Å²) in [5.41, 5.74) is 0.0225. The van der Waals surface area contributed by atoms with E-state index in [1.807, 2.05) is 19.0 Å². The molecular formula is C21H22Cl2N2O5. The first-order valence-corrected chi connectivity index (χ1v) is 10.0. The maximum Gasteiger partial charge on any atom is 0.295 e. The van der Waals surface area contributed by atoms with Crippen LogP contribution < -0.4 is 4.74 Å². The maximum absolute atomic E-state index is 12.9. The zero-order valence-electron chi connectivity index (χ0n) is 16.8. The van der Waals surface area contributed by atoms with Gasteiger partial charge in [0.25, 0.3) is 11.7 Å². The first kappa shape index (κ1) is 22.2. The molecule has 0 saturated carbocycles. The maximum atomic E-state index is 12.9. The molecule has 1 fully saturated rings. The van der Waals surface area contributed by atoms with Gasteiger partial charge in [0.05, 0.1) is 29.5 Å². The van der Waals surface area contributed by atoms with Gasteiger partial charge in [-0.25, -0.2) is 0 Å². The minimum Gasteiger partial charge on any atom is -0.507 e. The highest BCUT2D eigenvalue weighted by Crippen LogP contribution is 2.43. The summed E-state index contributed by atoms with van der Waals surface area (Å²) in [6.07, 6.45) is 2.09. The predicted octanol–water partition coefficient (Wildman–Crippen LogP) is 3.97. The first-order chi connectivity index (χ1) is 14.3. The number of carbonyl (C=O) groups is 2. The van der Waals surface area contributed by atoms with E-state index < -0.39 is 23.5 Å². The SMILES string of the molecule is COc1c(Cl)cc(Cl)cc1/C(O)=C1/C(=O)C(=O)N(CCCN(C)C)C1c1ccco1. The first-order valence-electron chi connectivity index (χ1n) is 9.26. The molecule has 0 radical (unpaired) electrons. The van der Waals surface area contributed by atoms with Crippen molar-refractivity contribution in [3.63, 3.8) is 0 Å². The number of nitrogens with zero attached hydrogens (tertiary/aromatic N) is 2. The standard InChI is InChI=1S/C21H22Cl2N2O5/c1-24(2)7-5-8-25-17(15-6-4-9-30-15)16(19(27)21(25)28)18(26)13-10-12(22)11-14(23)20(13)29-3/h4,6,9-11,17,26H,5,7-8H2,1-3H3/b18-16-. The minimum atomic E-state index is -0.871. The number of methoxy groups -OCH3 is 1. The Hall–Kier alpha value is -2.48. The Kier molecular flexibility index (Phi) is 6.75. The minimum absolute atomic E-state index is 0.101. The van der Waals surface area contributed by atoms with E-state index in [9.17, 15) is 14.7 Å². The molecule has 1 saturated heterocycles. The van der Waals surface area contributed by atoms with E-state index in [1.165, 1.54) is 30.4 Å². The predicted molar refractivity (Wildman–Crippen MR) is 114 cm³/mol. The lowest BCUT2D eigenvalue weighted by Crippen LogP contribution is -2.32. The van der Waals surface area contributed by atoms with E-state index in [4.69, 9.17) is 32.4 Å². The number of rotatable bonds is 7. The number of aliphatic hydroxyl groups is 1. The van der Waals surface area contributed by atoms with Crippen molar-refractivity contribution in [3.8, 4) is 5.75 Å². The van der Waals surface area contributed by atoms with Gasteiger partial charge >= 0.3 is 0 Å². The molecule has 1 unspecified atom stereocenters. The van der Waals surface area contributed by atoms with Gasteiger partial charge in [0.2, 0.25) is 0 Å². The van der Waals surface area contributed by atoms with Crippen molar-refractivity contribution in [2.45, 2.75) is 12.5 Å². The Morgan fingerprint density at radius 3 is 2.63 bits per heavy atom. The van der Waals surface area contributed by atoms with Crippen LogP contribution in [0.2, 0.25) is 10.0 Å². The van der Waals surface area contributed by atoms with Gasteiger partial charge in [-0.1, -0.05) is 23.2 Å². The molecule has 0 bridgehead atoms. The van der Waals surface area contributed by atoms with Crippen molar-refractivity contribution in [2.24, 2.45) is 0 Å². The van der Waals surface area contributed by atoms with Gasteiger partial charge in [0.15, 0.2) is 0 Å². The molecule has 1 aromatic carbocycles. The molecule has 1 aliphatic rings. The second-order valence-electron chi connectivity index (χ2n) is 7.13. The molecule has 2 heterocycles. The van der Waals surface area contributed by atoms with Gasteiger partial charge in [-0.3, -0.25) is 9.59 Å². The topological polar surface area (TPSA) is 83.2 Å². The largest absolute Gasteiger partial charge is 0.507 e. The van der Waals surface area contributed by atoms with E-state index >= 15 is 0 Å². The van der Waals surface area contributed by atoms with Crippen molar-refractivity contribution >= 4 is 40.7 Å². The summed E-state index contributed by atoms with van der Waals surface area (Å²) in [7, 11) is 5.23. The number of likely N-dealkylation sites (tertiary alicyclic amines) is 1. The van der Waals surface area contributed by atoms with Crippen LogP contribution in [0.1, 0.15) is 23.8 Å². The quantitative estimate of drug-likeness (QED) is 0.388. The average Bonchev–Trinajstić information content (AvgIpc) is 3.29. The van der Waals surface area contributed by atoms with E-state index in [0.717, 1.165) is 6.54 Å². The van der Waals surface area contributed by atoms with Crippen LogP contribution in [0.15, 0.2) is 40.5 Å². The monoisotopic (exact) mass is 452 g/mol. The zero-order chi connectivity index (χ0) is 22.0. The third kappa shape index (κ3) is 4.19. The van der Waals surface area contributed by atoms with Gasteiger partial charge in [-0.05, 0) is 51.3 Å². The number of aliphatic hydroxyl groups excluding tert-OH is 1. The molecule has 9 heteroatoms. The summed E-state index contributed by atoms with van der Waals surface area (Å²) in [5, 5.41) is 11.5. The summed E-state index contributed by atoms with van der Waals surface area (Å²) < 4.78 is 10.8. The van der Waals surface area contributed by atoms with Crippen LogP contribution in [0.25, 0.3) is 5.76 Å². The van der Waals surface area contributed by atoms with E-state index in [1.54, 1.807) is 12.1 Å². The Morgan fingerprint density at radius 1 is 1.30 bits per heavy atom. The van der Waals surface area contributed by atoms with Crippen molar-refractivity contribution in [2.75, 3.05) is 34.3 Å². The Labute approximate surface area is 184 Å². The third-order valence-electron chi connectivity index (χ3n) is 4.82. The van der Waals surface area contributed by atoms with Crippen LogP contribution in [0, 0.1) is 0 Å². The molecule has 7 nitrogen and oxygen atoms in total. The van der Waals surface area contributed by atoms with Crippen molar-refractivity contribution in [3.05, 3.63) is 57.5 Å². The molecule has 3 rings (SSSR count). The van der Waals surface area contributed by atoms with Crippen LogP contribution >= 0.6 is 23.2 Å². The highest BCUT2D eigenvalue weighted by Gasteiger charge is 2.47. The van der Waals surface area contributed by atoms with Gasteiger partial charge in [-0.2, -0.15) is 0 Å². The van der Waals surface area contributed by atoms with Crippen LogP contribution in [0.5, 0.6) is 5.75 Å². The number of ketones is 1. The van der Waals surface area contributed by atoms with Gasteiger partial charge in [0, 0.05) is 11.6 Å². The number of Topliss-reactive ketones (excluding diaryl/α,β-unsaturated/α-hetero) is 1. The van der Waals surface area contributed by atoms with Crippen LogP contribution in [0.3, 0.4) is 0 Å². The Bertz CT molecular complexity index is 986. The lowest BCUT2D eigenvalue weighted by Gasteiger charge is -2.24. The molecule has 1 amide bonds. The Balaban J connectivity index is 2.14. The van der Waals surface area contributed by atoms with E-state index in [-0.39, 0.29) is 26.9 Å². The fourth-order valence-electron chi connectivity index (χ4n) is 3.50. The van der Waals surface area contributed by atoms with Gasteiger partial charge in [0.1, 0.15) is 23.3 Å². The van der Waals surface area contributed by atoms with Gasteiger partial charge < -0.3 is 24.1 Å². The number of halogens is 2. The number of hydrogen-bond acceptors (Lipinski definition) is 6. The summed E-state index contributed by atoms with van der Waals surface area (Å²) in [6, 6.07) is 5.34. The van der Waals surface area contributed by atoms with Crippen molar-refractivity contribution in [1.82, 2.24) is 9.80 Å². The highest BCUT2D eigenvalue weighted by atomic mass is 35.5. The molecule has 30 heavy (non-hydrogen) atoms. The molecule has 1 aliphatic heterocycles. The van der Waals surface area contributed by atoms with Gasteiger partial charge in [-0.15, -0.1) is 0 Å². The molecule has 0 aliphatic carbocycles. The highest BCUT2D eigenvalue weighted by molar-refractivity contribution is 6.46. The summed E-state index contributed by atoms with van der Waals surface area (Å²) >= 11 is 12.3. The fraction of sp³-hybridized carbons (Fsp3) is 0.333. The molecule has 160 valence electrons. The van der Waals surface area contributed by atoms with Crippen LogP contribution in [-0.4, -0.2) is 60.9 Å². The number of amides is 1. The number of benzene rings is 1. The van der Waals surface area contributed by atoms with E-state index in [2.05, 4.69) is 0 Å². The second kappa shape index (κ2) is 9.12. The number of furan rings is 1.